The summed E-state index contributed by atoms with van der Waals surface area (Å²) in [6, 6.07) is 5.23. The second-order valence-electron chi connectivity index (χ2n) is 8.81. The number of carbonyl (C=O) groups is 2. The number of amides is 1. The third kappa shape index (κ3) is 4.50. The highest BCUT2D eigenvalue weighted by atomic mass is 28.3. The molecule has 0 aromatic heterocycles. The first-order valence-corrected chi connectivity index (χ1v) is 11.9. The summed E-state index contributed by atoms with van der Waals surface area (Å²) < 4.78 is 11.6. The number of hydrogen-bond acceptors (Lipinski definition) is 6. The van der Waals surface area contributed by atoms with E-state index in [1.165, 1.54) is 18.2 Å². The average molecular weight is 422 g/mol. The molecule has 1 aromatic carbocycles. The molecule has 159 valence electrons. The largest absolute Gasteiger partial charge is 0.419 e. The molecule has 1 aromatic rings. The van der Waals surface area contributed by atoms with Gasteiger partial charge in [0.25, 0.3) is 0 Å². The van der Waals surface area contributed by atoms with Gasteiger partial charge in [-0.1, -0.05) is 32.9 Å². The Morgan fingerprint density at radius 2 is 1.83 bits per heavy atom. The molecule has 1 N–H and O–H groups in total. The van der Waals surface area contributed by atoms with Crippen LogP contribution in [0.15, 0.2) is 24.3 Å². The lowest BCUT2D eigenvalue weighted by Gasteiger charge is -2.55. The fraction of sp³-hybridized carbons (Fsp3) is 0.600. The molecule has 1 saturated heterocycles. The molecule has 0 spiro atoms. The molecular weight excluding hydrogens is 392 g/mol. The molecule has 1 heterocycles. The Morgan fingerprint density at radius 1 is 1.24 bits per heavy atom. The molecule has 2 rings (SSSR count). The first-order chi connectivity index (χ1) is 13.3. The van der Waals surface area contributed by atoms with Gasteiger partial charge in [0.1, 0.15) is 0 Å². The topological polar surface area (TPSA) is 108 Å². The smallest absolute Gasteiger partial charge is 0.316 e. The van der Waals surface area contributed by atoms with Crippen LogP contribution < -0.4 is 10.1 Å². The Labute approximate surface area is 172 Å². The number of ether oxygens (including phenoxy) is 1. The molecule has 29 heavy (non-hydrogen) atoms. The molecule has 1 amide bonds. The standard InChI is InChI=1S/C20H29N2O6Si/c1-12(18(24)27-14-11-9-8-10-13(14)22(25)26)16-15(17(23)21-16)20(5,19(2,3)4)28-29(6)7/h8-12,15-16H,1-7H3,(H,21,23)/t12-,15-,16-,20-/m1/s1. The highest BCUT2D eigenvalue weighted by Crippen LogP contribution is 2.46. The van der Waals surface area contributed by atoms with Crippen molar-refractivity contribution >= 4 is 26.6 Å². The Morgan fingerprint density at radius 3 is 2.31 bits per heavy atom. The highest BCUT2D eigenvalue weighted by molar-refractivity contribution is 6.48. The van der Waals surface area contributed by atoms with Crippen LogP contribution in [0.5, 0.6) is 5.75 Å². The van der Waals surface area contributed by atoms with Gasteiger partial charge < -0.3 is 14.5 Å². The highest BCUT2D eigenvalue weighted by Gasteiger charge is 2.59. The molecule has 1 aliphatic heterocycles. The van der Waals surface area contributed by atoms with Crippen LogP contribution in [0.2, 0.25) is 13.1 Å². The van der Waals surface area contributed by atoms with Gasteiger partial charge in [-0.2, -0.15) is 0 Å². The molecule has 8 nitrogen and oxygen atoms in total. The SMILES string of the molecule is C[C@@H](C(=O)Oc1ccccc1[N+](=O)[O-])[C@H]1NC(=O)[C@@H]1[C@@](C)(O[Si](C)C)C(C)(C)C. The Bertz CT molecular complexity index is 806. The van der Waals surface area contributed by atoms with Crippen LogP contribution in [0, 0.1) is 27.4 Å². The minimum atomic E-state index is -1.12. The van der Waals surface area contributed by atoms with Crippen LogP contribution in [-0.2, 0) is 14.0 Å². The zero-order valence-electron chi connectivity index (χ0n) is 17.9. The van der Waals surface area contributed by atoms with Crippen LogP contribution in [-0.4, -0.2) is 37.5 Å². The number of benzene rings is 1. The minimum Gasteiger partial charge on any atom is -0.419 e. The maximum Gasteiger partial charge on any atom is 0.316 e. The van der Waals surface area contributed by atoms with Crippen molar-refractivity contribution in [2.45, 2.75) is 59.4 Å². The first-order valence-electron chi connectivity index (χ1n) is 9.54. The average Bonchev–Trinajstić information content (AvgIpc) is 2.57. The van der Waals surface area contributed by atoms with Crippen molar-refractivity contribution in [2.24, 2.45) is 17.3 Å². The number of nitrogens with one attached hydrogen (secondary N) is 1. The monoisotopic (exact) mass is 421 g/mol. The fourth-order valence-corrected chi connectivity index (χ4v) is 4.84. The predicted octanol–water partition coefficient (Wildman–Crippen LogP) is 3.32. The van der Waals surface area contributed by atoms with Gasteiger partial charge in [0, 0.05) is 6.07 Å². The first kappa shape index (κ1) is 23.0. The zero-order valence-corrected chi connectivity index (χ0v) is 18.9. The van der Waals surface area contributed by atoms with Crippen molar-refractivity contribution in [1.29, 1.82) is 0 Å². The van der Waals surface area contributed by atoms with E-state index in [9.17, 15) is 19.7 Å². The van der Waals surface area contributed by atoms with E-state index in [1.807, 2.05) is 40.8 Å². The van der Waals surface area contributed by atoms with Gasteiger partial charge in [0.15, 0.2) is 0 Å². The number of nitro groups is 1. The Balaban J connectivity index is 2.26. The molecule has 1 fully saturated rings. The van der Waals surface area contributed by atoms with Crippen LogP contribution in [0.1, 0.15) is 34.6 Å². The van der Waals surface area contributed by atoms with E-state index in [1.54, 1.807) is 13.0 Å². The molecule has 4 atom stereocenters. The van der Waals surface area contributed by atoms with Gasteiger partial charge in [-0.25, -0.2) is 0 Å². The van der Waals surface area contributed by atoms with Gasteiger partial charge in [-0.3, -0.25) is 19.7 Å². The number of hydrogen-bond donors (Lipinski definition) is 1. The van der Waals surface area contributed by atoms with Gasteiger partial charge >= 0.3 is 11.7 Å². The third-order valence-electron chi connectivity index (χ3n) is 5.63. The quantitative estimate of drug-likeness (QED) is 0.181. The minimum absolute atomic E-state index is 0.112. The van der Waals surface area contributed by atoms with Crippen LogP contribution in [0.25, 0.3) is 0 Å². The zero-order chi connectivity index (χ0) is 22.1. The molecule has 0 saturated carbocycles. The van der Waals surface area contributed by atoms with Crippen molar-refractivity contribution < 1.29 is 23.7 Å². The summed E-state index contributed by atoms with van der Waals surface area (Å²) >= 11 is 0. The maximum atomic E-state index is 12.7. The number of carbonyl (C=O) groups excluding carboxylic acids is 2. The van der Waals surface area contributed by atoms with Crippen LogP contribution >= 0.6 is 0 Å². The number of nitrogens with zero attached hydrogens (tertiary/aromatic N) is 1. The van der Waals surface area contributed by atoms with Crippen molar-refractivity contribution in [3.63, 3.8) is 0 Å². The lowest BCUT2D eigenvalue weighted by atomic mass is 9.62. The van der Waals surface area contributed by atoms with E-state index in [-0.39, 0.29) is 22.8 Å². The van der Waals surface area contributed by atoms with Crippen molar-refractivity contribution in [3.05, 3.63) is 34.4 Å². The van der Waals surface area contributed by atoms with Gasteiger partial charge in [-0.05, 0) is 38.4 Å². The summed E-state index contributed by atoms with van der Waals surface area (Å²) in [4.78, 5) is 35.8. The molecule has 9 heteroatoms. The normalized spacial score (nSPS) is 22.3. The van der Waals surface area contributed by atoms with Gasteiger partial charge in [-0.15, -0.1) is 0 Å². The van der Waals surface area contributed by atoms with E-state index < -0.39 is 43.4 Å². The van der Waals surface area contributed by atoms with Crippen LogP contribution in [0.3, 0.4) is 0 Å². The summed E-state index contributed by atoms with van der Waals surface area (Å²) in [5.41, 5.74) is -1.41. The summed E-state index contributed by atoms with van der Waals surface area (Å²) in [6.45, 7) is 13.6. The molecule has 0 bridgehead atoms. The Kier molecular flexibility index (Phi) is 6.54. The van der Waals surface area contributed by atoms with E-state index >= 15 is 0 Å². The number of para-hydroxylation sites is 2. The predicted molar refractivity (Wildman–Crippen MR) is 110 cm³/mol. The molecule has 1 radical (unpaired) electrons. The Hall–Kier alpha value is -2.26. The maximum absolute atomic E-state index is 12.7. The van der Waals surface area contributed by atoms with Crippen molar-refractivity contribution in [1.82, 2.24) is 5.32 Å². The summed E-state index contributed by atoms with van der Waals surface area (Å²) in [5, 5.41) is 14.0. The molecular formula is C20H29N2O6Si. The van der Waals surface area contributed by atoms with Gasteiger partial charge in [0.2, 0.25) is 20.7 Å². The van der Waals surface area contributed by atoms with E-state index in [2.05, 4.69) is 5.32 Å². The van der Waals surface area contributed by atoms with Crippen LogP contribution in [0.4, 0.5) is 5.69 Å². The number of rotatable bonds is 7. The van der Waals surface area contributed by atoms with E-state index in [0.717, 1.165) is 0 Å². The summed E-state index contributed by atoms with van der Waals surface area (Å²) in [5.74, 6) is -2.15. The lowest BCUT2D eigenvalue weighted by molar-refractivity contribution is -0.385. The fourth-order valence-electron chi connectivity index (χ4n) is 3.56. The second kappa shape index (κ2) is 8.23. The van der Waals surface area contributed by atoms with Crippen molar-refractivity contribution in [2.75, 3.05) is 0 Å². The second-order valence-corrected chi connectivity index (χ2v) is 10.8. The van der Waals surface area contributed by atoms with Crippen molar-refractivity contribution in [3.8, 4) is 5.75 Å². The summed E-state index contributed by atoms with van der Waals surface area (Å²) in [6.07, 6.45) is 0. The number of esters is 1. The van der Waals surface area contributed by atoms with E-state index in [0.29, 0.717) is 0 Å². The molecule has 0 aliphatic carbocycles. The van der Waals surface area contributed by atoms with E-state index in [4.69, 9.17) is 9.16 Å². The molecule has 0 unspecified atom stereocenters. The number of β-lactam (4-membered cyclic amide) rings is 1. The number of nitro benzene ring substituents is 1. The summed E-state index contributed by atoms with van der Waals surface area (Å²) in [7, 11) is -1.12. The third-order valence-corrected chi connectivity index (χ3v) is 6.46. The lowest BCUT2D eigenvalue weighted by Crippen LogP contribution is -2.72. The van der Waals surface area contributed by atoms with Gasteiger partial charge in [0.05, 0.1) is 28.4 Å². The molecule has 1 aliphatic rings.